The standard InChI is InChI=1S/C10H19NO/c1-2-12-7-9-6-11-8-10(9)4-3-5-10/h9,11H,2-8H2,1H3. The van der Waals surface area contributed by atoms with Gasteiger partial charge in [-0.25, -0.2) is 0 Å². The minimum atomic E-state index is 0.648. The molecular weight excluding hydrogens is 150 g/mol. The van der Waals surface area contributed by atoms with Crippen LogP contribution in [0.2, 0.25) is 0 Å². The Morgan fingerprint density at radius 3 is 2.92 bits per heavy atom. The van der Waals surface area contributed by atoms with Gasteiger partial charge in [0.25, 0.3) is 0 Å². The van der Waals surface area contributed by atoms with E-state index in [0.29, 0.717) is 5.41 Å². The normalized spacial score (nSPS) is 32.2. The molecule has 1 saturated heterocycles. The summed E-state index contributed by atoms with van der Waals surface area (Å²) in [4.78, 5) is 0. The lowest BCUT2D eigenvalue weighted by molar-refractivity contribution is 0.0230. The highest BCUT2D eigenvalue weighted by Gasteiger charge is 2.46. The predicted molar refractivity (Wildman–Crippen MR) is 49.1 cm³/mol. The summed E-state index contributed by atoms with van der Waals surface area (Å²) in [6.45, 7) is 6.34. The number of hydrogen-bond donors (Lipinski definition) is 1. The molecule has 1 aliphatic carbocycles. The Balaban J connectivity index is 1.86. The van der Waals surface area contributed by atoms with Crippen LogP contribution in [0.3, 0.4) is 0 Å². The van der Waals surface area contributed by atoms with Gasteiger partial charge in [0.2, 0.25) is 0 Å². The summed E-state index contributed by atoms with van der Waals surface area (Å²) in [6, 6.07) is 0. The highest BCUT2D eigenvalue weighted by molar-refractivity contribution is 5.00. The van der Waals surface area contributed by atoms with Gasteiger partial charge in [-0.05, 0) is 25.2 Å². The monoisotopic (exact) mass is 169 g/mol. The van der Waals surface area contributed by atoms with Gasteiger partial charge in [-0.2, -0.15) is 0 Å². The third-order valence-electron chi connectivity index (χ3n) is 3.61. The zero-order chi connectivity index (χ0) is 8.44. The minimum Gasteiger partial charge on any atom is -0.381 e. The van der Waals surface area contributed by atoms with E-state index in [0.717, 1.165) is 19.1 Å². The maximum Gasteiger partial charge on any atom is 0.0512 e. The molecule has 2 fully saturated rings. The lowest BCUT2D eigenvalue weighted by Crippen LogP contribution is -2.39. The molecule has 0 radical (unpaired) electrons. The first kappa shape index (κ1) is 8.52. The van der Waals surface area contributed by atoms with Gasteiger partial charge >= 0.3 is 0 Å². The van der Waals surface area contributed by atoms with Crippen LogP contribution in [0.15, 0.2) is 0 Å². The van der Waals surface area contributed by atoms with Gasteiger partial charge in [-0.1, -0.05) is 6.42 Å². The molecule has 1 atom stereocenters. The molecule has 1 heterocycles. The Morgan fingerprint density at radius 1 is 1.50 bits per heavy atom. The molecular formula is C10H19NO. The average Bonchev–Trinajstić information content (AvgIpc) is 2.42. The average molecular weight is 169 g/mol. The summed E-state index contributed by atoms with van der Waals surface area (Å²) in [5.41, 5.74) is 0.648. The van der Waals surface area contributed by atoms with Crippen molar-refractivity contribution in [3.05, 3.63) is 0 Å². The van der Waals surface area contributed by atoms with E-state index in [-0.39, 0.29) is 0 Å². The van der Waals surface area contributed by atoms with Gasteiger partial charge < -0.3 is 10.1 Å². The fourth-order valence-corrected chi connectivity index (χ4v) is 2.57. The van der Waals surface area contributed by atoms with Gasteiger partial charge in [0.1, 0.15) is 0 Å². The number of rotatable bonds is 3. The molecule has 2 heteroatoms. The summed E-state index contributed by atoms with van der Waals surface area (Å²) in [6.07, 6.45) is 4.29. The van der Waals surface area contributed by atoms with Crippen LogP contribution in [0.5, 0.6) is 0 Å². The van der Waals surface area contributed by atoms with E-state index in [1.54, 1.807) is 0 Å². The summed E-state index contributed by atoms with van der Waals surface area (Å²) < 4.78 is 5.51. The fraction of sp³-hybridized carbons (Fsp3) is 1.00. The summed E-state index contributed by atoms with van der Waals surface area (Å²) in [7, 11) is 0. The number of hydrogen-bond acceptors (Lipinski definition) is 2. The highest BCUT2D eigenvalue weighted by Crippen LogP contribution is 2.48. The molecule has 0 aromatic heterocycles. The maximum atomic E-state index is 5.51. The smallest absolute Gasteiger partial charge is 0.0512 e. The van der Waals surface area contributed by atoms with Gasteiger partial charge in [0.05, 0.1) is 6.61 Å². The second kappa shape index (κ2) is 3.35. The Labute approximate surface area is 74.7 Å². The molecule has 0 aromatic rings. The third-order valence-corrected chi connectivity index (χ3v) is 3.61. The van der Waals surface area contributed by atoms with E-state index in [9.17, 15) is 0 Å². The molecule has 1 saturated carbocycles. The van der Waals surface area contributed by atoms with Crippen molar-refractivity contribution >= 4 is 0 Å². The van der Waals surface area contributed by atoms with Crippen molar-refractivity contribution in [1.29, 1.82) is 0 Å². The molecule has 0 bridgehead atoms. The van der Waals surface area contributed by atoms with Crippen molar-refractivity contribution in [3.63, 3.8) is 0 Å². The van der Waals surface area contributed by atoms with Crippen molar-refractivity contribution in [2.24, 2.45) is 11.3 Å². The van der Waals surface area contributed by atoms with Crippen LogP contribution in [0, 0.1) is 11.3 Å². The quantitative estimate of drug-likeness (QED) is 0.689. The number of nitrogens with one attached hydrogen (secondary N) is 1. The molecule has 1 spiro atoms. The van der Waals surface area contributed by atoms with E-state index in [4.69, 9.17) is 4.74 Å². The van der Waals surface area contributed by atoms with Crippen molar-refractivity contribution in [1.82, 2.24) is 5.32 Å². The van der Waals surface area contributed by atoms with Crippen LogP contribution in [0.1, 0.15) is 26.2 Å². The number of ether oxygens (including phenoxy) is 1. The zero-order valence-corrected chi connectivity index (χ0v) is 7.94. The molecule has 1 unspecified atom stereocenters. The Bertz CT molecular complexity index is 154. The van der Waals surface area contributed by atoms with Gasteiger partial charge in [-0.15, -0.1) is 0 Å². The molecule has 0 aromatic carbocycles. The van der Waals surface area contributed by atoms with Crippen LogP contribution >= 0.6 is 0 Å². The van der Waals surface area contributed by atoms with Crippen LogP contribution in [-0.2, 0) is 4.74 Å². The molecule has 1 aliphatic heterocycles. The first-order valence-electron chi connectivity index (χ1n) is 5.16. The Hall–Kier alpha value is -0.0800. The van der Waals surface area contributed by atoms with Crippen LogP contribution < -0.4 is 5.32 Å². The summed E-state index contributed by atoms with van der Waals surface area (Å²) >= 11 is 0. The zero-order valence-electron chi connectivity index (χ0n) is 7.94. The van der Waals surface area contributed by atoms with Crippen molar-refractivity contribution in [2.75, 3.05) is 26.3 Å². The van der Waals surface area contributed by atoms with E-state index in [1.807, 2.05) is 0 Å². The van der Waals surface area contributed by atoms with Crippen molar-refractivity contribution in [3.8, 4) is 0 Å². The van der Waals surface area contributed by atoms with Crippen molar-refractivity contribution < 1.29 is 4.74 Å². The van der Waals surface area contributed by atoms with E-state index < -0.39 is 0 Å². The maximum absolute atomic E-state index is 5.51. The SMILES string of the molecule is CCOCC1CNCC12CCC2. The molecule has 70 valence electrons. The molecule has 2 nitrogen and oxygen atoms in total. The fourth-order valence-electron chi connectivity index (χ4n) is 2.57. The van der Waals surface area contributed by atoms with E-state index in [1.165, 1.54) is 32.4 Å². The highest BCUT2D eigenvalue weighted by atomic mass is 16.5. The minimum absolute atomic E-state index is 0.648. The molecule has 12 heavy (non-hydrogen) atoms. The molecule has 1 N–H and O–H groups in total. The van der Waals surface area contributed by atoms with Gasteiger partial charge in [-0.3, -0.25) is 0 Å². The first-order valence-corrected chi connectivity index (χ1v) is 5.16. The molecule has 0 amide bonds. The van der Waals surface area contributed by atoms with E-state index in [2.05, 4.69) is 12.2 Å². The topological polar surface area (TPSA) is 21.3 Å². The van der Waals surface area contributed by atoms with Gasteiger partial charge in [0.15, 0.2) is 0 Å². The predicted octanol–water partition coefficient (Wildman–Crippen LogP) is 1.41. The summed E-state index contributed by atoms with van der Waals surface area (Å²) in [5, 5.41) is 3.49. The van der Waals surface area contributed by atoms with Crippen molar-refractivity contribution in [2.45, 2.75) is 26.2 Å². The molecule has 2 aliphatic rings. The van der Waals surface area contributed by atoms with Crippen LogP contribution in [0.4, 0.5) is 0 Å². The second-order valence-electron chi connectivity index (χ2n) is 4.20. The molecule has 2 rings (SSSR count). The lowest BCUT2D eigenvalue weighted by Gasteiger charge is -2.42. The first-order chi connectivity index (χ1) is 5.87. The summed E-state index contributed by atoms with van der Waals surface area (Å²) in [5.74, 6) is 0.797. The third kappa shape index (κ3) is 1.27. The van der Waals surface area contributed by atoms with Gasteiger partial charge in [0, 0.05) is 25.6 Å². The largest absolute Gasteiger partial charge is 0.381 e. The van der Waals surface area contributed by atoms with E-state index >= 15 is 0 Å². The Morgan fingerprint density at radius 2 is 2.33 bits per heavy atom. The van der Waals surface area contributed by atoms with Crippen LogP contribution in [-0.4, -0.2) is 26.3 Å². The second-order valence-corrected chi connectivity index (χ2v) is 4.20. The lowest BCUT2D eigenvalue weighted by atomic mass is 9.63. The van der Waals surface area contributed by atoms with Crippen LogP contribution in [0.25, 0.3) is 0 Å². The Kier molecular flexibility index (Phi) is 2.37.